The van der Waals surface area contributed by atoms with Crippen LogP contribution in [0.5, 0.6) is 0 Å². The molecular weight excluding hydrogens is 385 g/mol. The standard InChI is InChI=1S/C13H19N5O2.HI/c1-9-12(10(2)20-16-9)7-15-13(14-3)18(4)8-11-5-6-19-17-11;/h5-6H,7-8H2,1-4H3,(H,14,15);1H. The van der Waals surface area contributed by atoms with Gasteiger partial charge in [0.25, 0.3) is 0 Å². The third-order valence-corrected chi connectivity index (χ3v) is 3.07. The lowest BCUT2D eigenvalue weighted by atomic mass is 10.2. The van der Waals surface area contributed by atoms with Gasteiger partial charge >= 0.3 is 0 Å². The number of rotatable bonds is 4. The fourth-order valence-corrected chi connectivity index (χ4v) is 1.94. The first-order valence-electron chi connectivity index (χ1n) is 6.34. The van der Waals surface area contributed by atoms with E-state index in [0.29, 0.717) is 13.1 Å². The van der Waals surface area contributed by atoms with E-state index in [4.69, 9.17) is 9.05 Å². The first-order valence-corrected chi connectivity index (χ1v) is 6.34. The van der Waals surface area contributed by atoms with E-state index < -0.39 is 0 Å². The maximum Gasteiger partial charge on any atom is 0.194 e. The minimum atomic E-state index is 0. The van der Waals surface area contributed by atoms with Crippen molar-refractivity contribution < 1.29 is 9.05 Å². The topological polar surface area (TPSA) is 79.7 Å². The molecule has 2 aromatic rings. The molecule has 0 aliphatic carbocycles. The van der Waals surface area contributed by atoms with Crippen molar-refractivity contribution in [1.29, 1.82) is 0 Å². The number of nitrogens with zero attached hydrogens (tertiary/aromatic N) is 4. The van der Waals surface area contributed by atoms with Crippen LogP contribution in [0.25, 0.3) is 0 Å². The zero-order valence-corrected chi connectivity index (χ0v) is 14.9. The molecule has 2 aromatic heterocycles. The van der Waals surface area contributed by atoms with Gasteiger partial charge in [-0.2, -0.15) is 0 Å². The average molecular weight is 405 g/mol. The van der Waals surface area contributed by atoms with Crippen LogP contribution in [0.4, 0.5) is 0 Å². The molecule has 0 fully saturated rings. The van der Waals surface area contributed by atoms with Crippen molar-refractivity contribution in [2.45, 2.75) is 26.9 Å². The van der Waals surface area contributed by atoms with Crippen LogP contribution in [-0.4, -0.2) is 35.3 Å². The lowest BCUT2D eigenvalue weighted by molar-refractivity contribution is 0.389. The molecule has 0 saturated carbocycles. The number of aryl methyl sites for hydroxylation is 2. The minimum absolute atomic E-state index is 0. The first-order chi connectivity index (χ1) is 9.61. The number of hydrogen-bond acceptors (Lipinski definition) is 5. The largest absolute Gasteiger partial charge is 0.364 e. The maximum atomic E-state index is 5.14. The van der Waals surface area contributed by atoms with E-state index in [-0.39, 0.29) is 24.0 Å². The molecule has 0 radical (unpaired) electrons. The van der Waals surface area contributed by atoms with Crippen LogP contribution >= 0.6 is 24.0 Å². The Bertz CT molecular complexity index is 560. The van der Waals surface area contributed by atoms with Crippen LogP contribution < -0.4 is 5.32 Å². The van der Waals surface area contributed by atoms with Crippen LogP contribution in [0, 0.1) is 13.8 Å². The van der Waals surface area contributed by atoms with Crippen molar-refractivity contribution in [2.24, 2.45) is 4.99 Å². The van der Waals surface area contributed by atoms with Crippen molar-refractivity contribution in [3.8, 4) is 0 Å². The summed E-state index contributed by atoms with van der Waals surface area (Å²) in [6, 6.07) is 1.83. The second-order valence-corrected chi connectivity index (χ2v) is 4.55. The van der Waals surface area contributed by atoms with Gasteiger partial charge in [0.2, 0.25) is 0 Å². The molecule has 0 aliphatic heterocycles. The SMILES string of the molecule is CN=C(NCc1c(C)noc1C)N(C)Cc1ccon1.I. The molecule has 0 bridgehead atoms. The lowest BCUT2D eigenvalue weighted by Gasteiger charge is -2.20. The van der Waals surface area contributed by atoms with Crippen molar-refractivity contribution in [2.75, 3.05) is 14.1 Å². The van der Waals surface area contributed by atoms with E-state index in [2.05, 4.69) is 20.6 Å². The quantitative estimate of drug-likeness (QED) is 0.477. The van der Waals surface area contributed by atoms with Crippen molar-refractivity contribution in [3.05, 3.63) is 35.0 Å². The van der Waals surface area contributed by atoms with Crippen LogP contribution in [0.2, 0.25) is 0 Å². The Hall–Kier alpha value is -1.58. The number of hydrogen-bond donors (Lipinski definition) is 1. The number of halogens is 1. The molecule has 7 nitrogen and oxygen atoms in total. The Balaban J connectivity index is 0.00000220. The summed E-state index contributed by atoms with van der Waals surface area (Å²) in [6.45, 7) is 5.07. The fraction of sp³-hybridized carbons (Fsp3) is 0.462. The zero-order valence-electron chi connectivity index (χ0n) is 12.6. The smallest absolute Gasteiger partial charge is 0.194 e. The maximum absolute atomic E-state index is 5.14. The number of nitrogens with one attached hydrogen (secondary N) is 1. The van der Waals surface area contributed by atoms with Crippen molar-refractivity contribution in [1.82, 2.24) is 20.5 Å². The Morgan fingerprint density at radius 3 is 2.67 bits per heavy atom. The highest BCUT2D eigenvalue weighted by atomic mass is 127. The molecule has 1 N–H and O–H groups in total. The van der Waals surface area contributed by atoms with Gasteiger partial charge in [-0.3, -0.25) is 4.99 Å². The van der Waals surface area contributed by atoms with E-state index in [9.17, 15) is 0 Å². The van der Waals surface area contributed by atoms with Gasteiger partial charge in [0.05, 0.1) is 12.2 Å². The normalized spacial score (nSPS) is 11.1. The van der Waals surface area contributed by atoms with Gasteiger partial charge in [-0.15, -0.1) is 24.0 Å². The van der Waals surface area contributed by atoms with Gasteiger partial charge in [-0.1, -0.05) is 10.3 Å². The van der Waals surface area contributed by atoms with Crippen LogP contribution in [0.15, 0.2) is 26.4 Å². The minimum Gasteiger partial charge on any atom is -0.364 e. The fourth-order valence-electron chi connectivity index (χ4n) is 1.94. The van der Waals surface area contributed by atoms with E-state index >= 15 is 0 Å². The predicted octanol–water partition coefficient (Wildman–Crippen LogP) is 2.10. The molecule has 0 atom stereocenters. The number of aliphatic imine (C=N–C) groups is 1. The first kappa shape index (κ1) is 17.5. The molecule has 2 heterocycles. The summed E-state index contributed by atoms with van der Waals surface area (Å²) in [7, 11) is 3.69. The highest BCUT2D eigenvalue weighted by molar-refractivity contribution is 14.0. The zero-order chi connectivity index (χ0) is 14.5. The van der Waals surface area contributed by atoms with E-state index in [1.165, 1.54) is 0 Å². The highest BCUT2D eigenvalue weighted by Crippen LogP contribution is 2.11. The second kappa shape index (κ2) is 8.01. The predicted molar refractivity (Wildman–Crippen MR) is 89.6 cm³/mol. The number of aromatic nitrogens is 2. The monoisotopic (exact) mass is 405 g/mol. The third-order valence-electron chi connectivity index (χ3n) is 3.07. The Labute approximate surface area is 140 Å². The summed E-state index contributed by atoms with van der Waals surface area (Å²) in [6.07, 6.45) is 1.56. The highest BCUT2D eigenvalue weighted by Gasteiger charge is 2.12. The molecule has 0 saturated heterocycles. The average Bonchev–Trinajstić information content (AvgIpc) is 3.03. The molecule has 116 valence electrons. The molecule has 2 rings (SSSR count). The molecule has 0 aromatic carbocycles. The van der Waals surface area contributed by atoms with Crippen molar-refractivity contribution >= 4 is 29.9 Å². The summed E-state index contributed by atoms with van der Waals surface area (Å²) < 4.78 is 9.96. The molecular formula is C13H20IN5O2. The van der Waals surface area contributed by atoms with Gasteiger partial charge in [0, 0.05) is 32.3 Å². The van der Waals surface area contributed by atoms with Gasteiger partial charge in [-0.25, -0.2) is 0 Å². The molecule has 0 unspecified atom stereocenters. The summed E-state index contributed by atoms with van der Waals surface area (Å²) in [5.74, 6) is 1.60. The van der Waals surface area contributed by atoms with Gasteiger partial charge in [0.15, 0.2) is 5.96 Å². The number of guanidine groups is 1. The van der Waals surface area contributed by atoms with E-state index in [0.717, 1.165) is 28.7 Å². The van der Waals surface area contributed by atoms with Gasteiger partial charge in [0.1, 0.15) is 17.7 Å². The second-order valence-electron chi connectivity index (χ2n) is 4.55. The Morgan fingerprint density at radius 2 is 2.14 bits per heavy atom. The van der Waals surface area contributed by atoms with E-state index in [1.807, 2.05) is 31.9 Å². The Kier molecular flexibility index (Phi) is 6.66. The molecule has 0 spiro atoms. The summed E-state index contributed by atoms with van der Waals surface area (Å²) in [5.41, 5.74) is 2.80. The lowest BCUT2D eigenvalue weighted by Crippen LogP contribution is -2.38. The van der Waals surface area contributed by atoms with Crippen LogP contribution in [0.3, 0.4) is 0 Å². The van der Waals surface area contributed by atoms with Crippen molar-refractivity contribution in [3.63, 3.8) is 0 Å². The van der Waals surface area contributed by atoms with Crippen LogP contribution in [-0.2, 0) is 13.1 Å². The molecule has 21 heavy (non-hydrogen) atoms. The summed E-state index contributed by atoms with van der Waals surface area (Å²) in [5, 5.41) is 11.1. The Morgan fingerprint density at radius 1 is 1.38 bits per heavy atom. The molecule has 0 aliphatic rings. The molecule has 0 amide bonds. The third kappa shape index (κ3) is 4.45. The van der Waals surface area contributed by atoms with Crippen LogP contribution in [0.1, 0.15) is 22.7 Å². The summed E-state index contributed by atoms with van der Waals surface area (Å²) in [4.78, 5) is 6.22. The van der Waals surface area contributed by atoms with E-state index in [1.54, 1.807) is 13.3 Å². The molecule has 8 heteroatoms. The summed E-state index contributed by atoms with van der Waals surface area (Å²) >= 11 is 0. The van der Waals surface area contributed by atoms with Gasteiger partial charge in [-0.05, 0) is 13.8 Å². The van der Waals surface area contributed by atoms with Gasteiger partial charge < -0.3 is 19.3 Å².